The van der Waals surface area contributed by atoms with Crippen molar-refractivity contribution in [2.24, 2.45) is 0 Å². The highest BCUT2D eigenvalue weighted by Gasteiger charge is 2.39. The van der Waals surface area contributed by atoms with Crippen molar-refractivity contribution in [3.8, 4) is 17.0 Å². The smallest absolute Gasteiger partial charge is 0.416 e. The van der Waals surface area contributed by atoms with Crippen LogP contribution in [0.5, 0.6) is 5.75 Å². The van der Waals surface area contributed by atoms with Gasteiger partial charge in [-0.3, -0.25) is 0 Å². The molecular formula is C23H20F6N4O3S. The summed E-state index contributed by atoms with van der Waals surface area (Å²) in [6.07, 6.45) is -10.3. The first-order chi connectivity index (χ1) is 17.3. The van der Waals surface area contributed by atoms with E-state index < -0.39 is 38.4 Å². The summed E-state index contributed by atoms with van der Waals surface area (Å²) in [5, 5.41) is 8.36. The van der Waals surface area contributed by atoms with Gasteiger partial charge in [-0.25, -0.2) is 8.42 Å². The van der Waals surface area contributed by atoms with Gasteiger partial charge in [0.25, 0.3) is 0 Å². The van der Waals surface area contributed by atoms with E-state index in [2.05, 4.69) is 10.2 Å². The number of hydrogen-bond acceptors (Lipinski definition) is 6. The summed E-state index contributed by atoms with van der Waals surface area (Å²) in [6, 6.07) is 10.9. The first kappa shape index (κ1) is 26.7. The lowest BCUT2D eigenvalue weighted by atomic mass is 10.1. The number of benzene rings is 2. The molecule has 198 valence electrons. The lowest BCUT2D eigenvalue weighted by Crippen LogP contribution is -2.49. The van der Waals surface area contributed by atoms with E-state index >= 15 is 0 Å². The number of ether oxygens (including phenoxy) is 1. The van der Waals surface area contributed by atoms with E-state index in [-0.39, 0.29) is 44.4 Å². The number of sulfonamides is 1. The molecule has 0 aliphatic carbocycles. The molecule has 1 fully saturated rings. The normalized spacial score (nSPS) is 15.6. The molecule has 0 unspecified atom stereocenters. The van der Waals surface area contributed by atoms with Crippen LogP contribution in [0.2, 0.25) is 0 Å². The molecule has 0 atom stereocenters. The molecule has 0 bridgehead atoms. The molecule has 14 heteroatoms. The SMILES string of the molecule is COc1cccc(-c2ccc(N3CCN(S(=O)(=O)c4cc(C(F)(F)F)cc(C(F)(F)F)c4)CC3)nn2)c1. The number of nitrogens with zero attached hydrogens (tertiary/aromatic N) is 4. The summed E-state index contributed by atoms with van der Waals surface area (Å²) in [7, 11) is -3.09. The van der Waals surface area contributed by atoms with E-state index in [1.165, 1.54) is 7.11 Å². The van der Waals surface area contributed by atoms with Gasteiger partial charge in [-0.15, -0.1) is 10.2 Å². The number of aromatic nitrogens is 2. The van der Waals surface area contributed by atoms with Gasteiger partial charge in [0.05, 0.1) is 28.8 Å². The van der Waals surface area contributed by atoms with Crippen LogP contribution < -0.4 is 9.64 Å². The van der Waals surface area contributed by atoms with Gasteiger partial charge in [0.15, 0.2) is 5.82 Å². The molecule has 1 aliphatic heterocycles. The van der Waals surface area contributed by atoms with Gasteiger partial charge < -0.3 is 9.64 Å². The molecule has 0 radical (unpaired) electrons. The van der Waals surface area contributed by atoms with Gasteiger partial charge >= 0.3 is 12.4 Å². The fourth-order valence-corrected chi connectivity index (χ4v) is 5.31. The zero-order chi connectivity index (χ0) is 27.0. The monoisotopic (exact) mass is 546 g/mol. The van der Waals surface area contributed by atoms with Crippen molar-refractivity contribution >= 4 is 15.8 Å². The lowest BCUT2D eigenvalue weighted by molar-refractivity contribution is -0.143. The minimum absolute atomic E-state index is 0.106. The van der Waals surface area contributed by atoms with Gasteiger partial charge in [0.2, 0.25) is 10.0 Å². The second kappa shape index (κ2) is 9.82. The van der Waals surface area contributed by atoms with Gasteiger partial charge in [-0.2, -0.15) is 30.6 Å². The fourth-order valence-electron chi connectivity index (χ4n) is 3.81. The van der Waals surface area contributed by atoms with Gasteiger partial charge in [0.1, 0.15) is 5.75 Å². The molecule has 0 spiro atoms. The Hall–Kier alpha value is -3.39. The topological polar surface area (TPSA) is 75.6 Å². The van der Waals surface area contributed by atoms with E-state index in [0.717, 1.165) is 9.87 Å². The highest BCUT2D eigenvalue weighted by atomic mass is 32.2. The van der Waals surface area contributed by atoms with Crippen molar-refractivity contribution in [3.05, 3.63) is 65.7 Å². The van der Waals surface area contributed by atoms with Crippen LogP contribution in [0.3, 0.4) is 0 Å². The summed E-state index contributed by atoms with van der Waals surface area (Å²) < 4.78 is 111. The van der Waals surface area contributed by atoms with Gasteiger partial charge in [-0.05, 0) is 42.5 Å². The Kier molecular flexibility index (Phi) is 7.08. The van der Waals surface area contributed by atoms with E-state index in [9.17, 15) is 34.8 Å². The number of halogens is 6. The van der Waals surface area contributed by atoms with E-state index in [1.807, 2.05) is 6.07 Å². The average molecular weight is 546 g/mol. The second-order valence-electron chi connectivity index (χ2n) is 8.14. The van der Waals surface area contributed by atoms with Crippen LogP contribution in [0.4, 0.5) is 32.2 Å². The van der Waals surface area contributed by atoms with E-state index in [1.54, 1.807) is 35.2 Å². The molecule has 0 N–H and O–H groups in total. The summed E-state index contributed by atoms with van der Waals surface area (Å²) in [5.74, 6) is 1.09. The number of anilines is 1. The minimum Gasteiger partial charge on any atom is -0.497 e. The van der Waals surface area contributed by atoms with Crippen LogP contribution in [-0.2, 0) is 22.4 Å². The number of methoxy groups -OCH3 is 1. The zero-order valence-electron chi connectivity index (χ0n) is 19.2. The fraction of sp³-hybridized carbons (Fsp3) is 0.304. The Morgan fingerprint density at radius 1 is 0.811 bits per heavy atom. The van der Waals surface area contributed by atoms with Crippen LogP contribution in [0.25, 0.3) is 11.3 Å². The Bertz CT molecular complexity index is 1340. The molecule has 1 aromatic heterocycles. The third kappa shape index (κ3) is 5.80. The molecule has 4 rings (SSSR count). The first-order valence-corrected chi connectivity index (χ1v) is 12.3. The van der Waals surface area contributed by atoms with Gasteiger partial charge in [-0.1, -0.05) is 12.1 Å². The van der Waals surface area contributed by atoms with Gasteiger partial charge in [0, 0.05) is 31.7 Å². The largest absolute Gasteiger partial charge is 0.497 e. The lowest BCUT2D eigenvalue weighted by Gasteiger charge is -2.34. The number of rotatable bonds is 5. The highest BCUT2D eigenvalue weighted by molar-refractivity contribution is 7.89. The predicted molar refractivity (Wildman–Crippen MR) is 121 cm³/mol. The second-order valence-corrected chi connectivity index (χ2v) is 10.1. The minimum atomic E-state index is -5.15. The van der Waals surface area contributed by atoms with E-state index in [0.29, 0.717) is 17.3 Å². The third-order valence-electron chi connectivity index (χ3n) is 5.78. The summed E-state index contributed by atoms with van der Waals surface area (Å²) in [6.45, 7) is -0.118. The predicted octanol–water partition coefficient (Wildman–Crippen LogP) is 4.70. The van der Waals surface area contributed by atoms with Crippen molar-refractivity contribution in [3.63, 3.8) is 0 Å². The maximum Gasteiger partial charge on any atom is 0.416 e. The standard InChI is InChI=1S/C23H20F6N4O3S/c1-36-18-4-2-3-15(11-18)20-5-6-21(31-30-20)32-7-9-33(10-8-32)37(34,35)19-13-16(22(24,25)26)12-17(14-19)23(27,28)29/h2-6,11-14H,7-10H2,1H3. The zero-order valence-corrected chi connectivity index (χ0v) is 20.0. The van der Waals surface area contributed by atoms with Crippen molar-refractivity contribution in [2.45, 2.75) is 17.2 Å². The number of hydrogen-bond donors (Lipinski definition) is 0. The molecule has 1 saturated heterocycles. The third-order valence-corrected chi connectivity index (χ3v) is 7.65. The summed E-state index contributed by atoms with van der Waals surface area (Å²) >= 11 is 0. The van der Waals surface area contributed by atoms with Crippen molar-refractivity contribution in [2.75, 3.05) is 38.2 Å². The molecule has 2 aromatic carbocycles. The molecule has 1 aliphatic rings. The quantitative estimate of drug-likeness (QED) is 0.432. The van der Waals surface area contributed by atoms with Crippen molar-refractivity contribution in [1.82, 2.24) is 14.5 Å². The summed E-state index contributed by atoms with van der Waals surface area (Å²) in [5.41, 5.74) is -2.03. The van der Waals surface area contributed by atoms with Crippen LogP contribution in [0.15, 0.2) is 59.5 Å². The molecule has 2 heterocycles. The van der Waals surface area contributed by atoms with Crippen LogP contribution in [-0.4, -0.2) is 56.2 Å². The molecule has 3 aromatic rings. The van der Waals surface area contributed by atoms with Crippen molar-refractivity contribution < 1.29 is 39.5 Å². The maximum absolute atomic E-state index is 13.2. The Labute approximate surface area is 208 Å². The van der Waals surface area contributed by atoms with E-state index in [4.69, 9.17) is 4.74 Å². The molecule has 7 nitrogen and oxygen atoms in total. The molecular weight excluding hydrogens is 526 g/mol. The first-order valence-electron chi connectivity index (χ1n) is 10.8. The van der Waals surface area contributed by atoms with Crippen LogP contribution in [0.1, 0.15) is 11.1 Å². The molecule has 0 amide bonds. The maximum atomic E-state index is 13.2. The summed E-state index contributed by atoms with van der Waals surface area (Å²) in [4.78, 5) is 0.660. The van der Waals surface area contributed by atoms with Crippen LogP contribution in [0, 0.1) is 0 Å². The average Bonchev–Trinajstić information content (AvgIpc) is 2.87. The molecule has 0 saturated carbocycles. The Morgan fingerprint density at radius 3 is 1.95 bits per heavy atom. The Balaban J connectivity index is 1.51. The highest BCUT2D eigenvalue weighted by Crippen LogP contribution is 2.38. The number of piperazine rings is 1. The number of alkyl halides is 6. The molecule has 37 heavy (non-hydrogen) atoms. The van der Waals surface area contributed by atoms with Crippen molar-refractivity contribution in [1.29, 1.82) is 0 Å². The Morgan fingerprint density at radius 2 is 1.43 bits per heavy atom. The van der Waals surface area contributed by atoms with Crippen LogP contribution >= 0.6 is 0 Å².